The van der Waals surface area contributed by atoms with Crippen LogP contribution in [-0.4, -0.2) is 18.5 Å². The summed E-state index contributed by atoms with van der Waals surface area (Å²) in [5.74, 6) is -0.0738. The van der Waals surface area contributed by atoms with Crippen molar-refractivity contribution < 1.29 is 4.79 Å². The normalized spacial score (nSPS) is 29.6. The van der Waals surface area contributed by atoms with Crippen molar-refractivity contribution in [2.75, 3.05) is 6.54 Å². The Morgan fingerprint density at radius 3 is 2.69 bits per heavy atom. The molecule has 0 spiro atoms. The van der Waals surface area contributed by atoms with Crippen molar-refractivity contribution in [1.82, 2.24) is 5.32 Å². The van der Waals surface area contributed by atoms with Gasteiger partial charge in [-0.3, -0.25) is 4.79 Å². The van der Waals surface area contributed by atoms with Gasteiger partial charge >= 0.3 is 0 Å². The first-order valence-electron chi connectivity index (χ1n) is 5.28. The van der Waals surface area contributed by atoms with Crippen LogP contribution in [0.15, 0.2) is 0 Å². The van der Waals surface area contributed by atoms with Crippen molar-refractivity contribution in [3.8, 4) is 0 Å². The van der Waals surface area contributed by atoms with Crippen LogP contribution in [-0.2, 0) is 4.79 Å². The van der Waals surface area contributed by atoms with Crippen molar-refractivity contribution in [3.63, 3.8) is 0 Å². The van der Waals surface area contributed by atoms with E-state index in [1.807, 2.05) is 0 Å². The summed E-state index contributed by atoms with van der Waals surface area (Å²) in [4.78, 5) is 11.2. The fraction of sp³-hybridized carbons (Fsp3) is 0.900. The van der Waals surface area contributed by atoms with Crippen LogP contribution >= 0.6 is 0 Å². The lowest BCUT2D eigenvalue weighted by Gasteiger charge is -2.22. The van der Waals surface area contributed by atoms with Gasteiger partial charge in [-0.05, 0) is 19.4 Å². The van der Waals surface area contributed by atoms with E-state index in [1.54, 1.807) is 0 Å². The summed E-state index contributed by atoms with van der Waals surface area (Å²) in [6.45, 7) is 3.00. The molecule has 1 amide bonds. The van der Waals surface area contributed by atoms with Crippen LogP contribution in [0.1, 0.15) is 39.0 Å². The predicted molar refractivity (Wildman–Crippen MR) is 53.2 cm³/mol. The standard InChI is InChI=1S/C10H20N2O/c1-2-12-9-7-5-3-4-6-8(9)10(11)13/h8-9,12H,2-7H2,1H3,(H2,11,13). The Hall–Kier alpha value is -0.570. The second-order valence-corrected chi connectivity index (χ2v) is 3.81. The van der Waals surface area contributed by atoms with Gasteiger partial charge in [0.15, 0.2) is 0 Å². The van der Waals surface area contributed by atoms with Crippen LogP contribution in [0.4, 0.5) is 0 Å². The fourth-order valence-corrected chi connectivity index (χ4v) is 2.15. The molecule has 0 radical (unpaired) electrons. The lowest BCUT2D eigenvalue weighted by atomic mass is 9.94. The Kier molecular flexibility index (Phi) is 4.22. The first kappa shape index (κ1) is 10.5. The second-order valence-electron chi connectivity index (χ2n) is 3.81. The monoisotopic (exact) mass is 184 g/mol. The number of nitrogens with two attached hydrogens (primary N) is 1. The van der Waals surface area contributed by atoms with Crippen LogP contribution in [0.3, 0.4) is 0 Å². The van der Waals surface area contributed by atoms with E-state index in [1.165, 1.54) is 12.8 Å². The summed E-state index contributed by atoms with van der Waals surface area (Å²) < 4.78 is 0. The lowest BCUT2D eigenvalue weighted by molar-refractivity contribution is -0.122. The van der Waals surface area contributed by atoms with Crippen LogP contribution in [0.5, 0.6) is 0 Å². The molecular formula is C10H20N2O. The molecule has 0 heterocycles. The Balaban J connectivity index is 2.55. The van der Waals surface area contributed by atoms with E-state index in [0.717, 1.165) is 25.8 Å². The molecule has 2 atom stereocenters. The average molecular weight is 184 g/mol. The molecule has 0 aromatic heterocycles. The summed E-state index contributed by atoms with van der Waals surface area (Å²) in [6, 6.07) is 0.324. The maximum absolute atomic E-state index is 11.2. The van der Waals surface area contributed by atoms with Gasteiger partial charge in [-0.2, -0.15) is 0 Å². The molecule has 1 saturated carbocycles. The minimum Gasteiger partial charge on any atom is -0.369 e. The third kappa shape index (κ3) is 2.99. The van der Waals surface area contributed by atoms with Gasteiger partial charge in [-0.15, -0.1) is 0 Å². The number of nitrogens with one attached hydrogen (secondary N) is 1. The van der Waals surface area contributed by atoms with Crippen LogP contribution < -0.4 is 11.1 Å². The molecule has 2 unspecified atom stereocenters. The number of carbonyl (C=O) groups is 1. The maximum Gasteiger partial charge on any atom is 0.222 e. The van der Waals surface area contributed by atoms with E-state index in [2.05, 4.69) is 12.2 Å². The Bertz CT molecular complexity index is 170. The van der Waals surface area contributed by atoms with Crippen LogP contribution in [0.25, 0.3) is 0 Å². The highest BCUT2D eigenvalue weighted by Gasteiger charge is 2.26. The highest BCUT2D eigenvalue weighted by Crippen LogP contribution is 2.23. The summed E-state index contributed by atoms with van der Waals surface area (Å²) in [5.41, 5.74) is 5.38. The first-order valence-corrected chi connectivity index (χ1v) is 5.28. The third-order valence-electron chi connectivity index (χ3n) is 2.85. The number of carbonyl (C=O) groups excluding carboxylic acids is 1. The summed E-state index contributed by atoms with van der Waals surface area (Å²) in [5, 5.41) is 3.36. The zero-order valence-electron chi connectivity index (χ0n) is 8.38. The topological polar surface area (TPSA) is 55.1 Å². The minimum absolute atomic E-state index is 0.0578. The van der Waals surface area contributed by atoms with E-state index in [9.17, 15) is 4.79 Å². The molecule has 3 heteroatoms. The molecule has 1 rings (SSSR count). The van der Waals surface area contributed by atoms with Crippen molar-refractivity contribution >= 4 is 5.91 Å². The minimum atomic E-state index is -0.132. The molecule has 0 aromatic rings. The van der Waals surface area contributed by atoms with Gasteiger partial charge in [0.25, 0.3) is 0 Å². The number of rotatable bonds is 3. The van der Waals surface area contributed by atoms with E-state index in [-0.39, 0.29) is 11.8 Å². The van der Waals surface area contributed by atoms with Crippen molar-refractivity contribution in [2.24, 2.45) is 11.7 Å². The van der Waals surface area contributed by atoms with Gasteiger partial charge in [0.1, 0.15) is 0 Å². The Morgan fingerprint density at radius 1 is 1.38 bits per heavy atom. The molecule has 3 N–H and O–H groups in total. The van der Waals surface area contributed by atoms with Crippen molar-refractivity contribution in [3.05, 3.63) is 0 Å². The largest absolute Gasteiger partial charge is 0.369 e. The summed E-state index contributed by atoms with van der Waals surface area (Å²) >= 11 is 0. The Morgan fingerprint density at radius 2 is 2.08 bits per heavy atom. The molecule has 3 nitrogen and oxygen atoms in total. The second kappa shape index (κ2) is 5.22. The van der Waals surface area contributed by atoms with Gasteiger partial charge in [0, 0.05) is 6.04 Å². The van der Waals surface area contributed by atoms with E-state index in [4.69, 9.17) is 5.73 Å². The summed E-state index contributed by atoms with van der Waals surface area (Å²) in [7, 11) is 0. The molecular weight excluding hydrogens is 164 g/mol. The number of amides is 1. The number of hydrogen-bond donors (Lipinski definition) is 2. The van der Waals surface area contributed by atoms with Gasteiger partial charge in [0.2, 0.25) is 5.91 Å². The van der Waals surface area contributed by atoms with Crippen molar-refractivity contribution in [1.29, 1.82) is 0 Å². The molecule has 0 aromatic carbocycles. The molecule has 1 aliphatic rings. The van der Waals surface area contributed by atoms with Crippen LogP contribution in [0.2, 0.25) is 0 Å². The number of primary amides is 1. The molecule has 13 heavy (non-hydrogen) atoms. The van der Waals surface area contributed by atoms with Crippen molar-refractivity contribution in [2.45, 2.75) is 45.1 Å². The van der Waals surface area contributed by atoms with E-state index >= 15 is 0 Å². The lowest BCUT2D eigenvalue weighted by Crippen LogP contribution is -2.42. The summed E-state index contributed by atoms with van der Waals surface area (Å²) in [6.07, 6.45) is 5.68. The maximum atomic E-state index is 11.2. The molecule has 0 bridgehead atoms. The SMILES string of the molecule is CCNC1CCCCCC1C(N)=O. The average Bonchev–Trinajstić information content (AvgIpc) is 2.30. The van der Waals surface area contributed by atoms with Gasteiger partial charge < -0.3 is 11.1 Å². The number of hydrogen-bond acceptors (Lipinski definition) is 2. The molecule has 1 fully saturated rings. The Labute approximate surface area is 80.1 Å². The predicted octanol–water partition coefficient (Wildman–Crippen LogP) is 1.03. The zero-order valence-corrected chi connectivity index (χ0v) is 8.38. The molecule has 1 aliphatic carbocycles. The zero-order chi connectivity index (χ0) is 9.68. The van der Waals surface area contributed by atoms with Gasteiger partial charge in [-0.1, -0.05) is 26.2 Å². The van der Waals surface area contributed by atoms with Crippen LogP contribution in [0, 0.1) is 5.92 Å². The molecule has 0 saturated heterocycles. The van der Waals surface area contributed by atoms with Gasteiger partial charge in [0.05, 0.1) is 5.92 Å². The highest BCUT2D eigenvalue weighted by molar-refractivity contribution is 5.77. The van der Waals surface area contributed by atoms with E-state index in [0.29, 0.717) is 6.04 Å². The highest BCUT2D eigenvalue weighted by atomic mass is 16.1. The van der Waals surface area contributed by atoms with E-state index < -0.39 is 0 Å². The fourth-order valence-electron chi connectivity index (χ4n) is 2.15. The molecule has 76 valence electrons. The smallest absolute Gasteiger partial charge is 0.222 e. The third-order valence-corrected chi connectivity index (χ3v) is 2.85. The first-order chi connectivity index (χ1) is 6.25. The quantitative estimate of drug-likeness (QED) is 0.644. The van der Waals surface area contributed by atoms with Gasteiger partial charge in [-0.25, -0.2) is 0 Å². The molecule has 0 aliphatic heterocycles.